The molecular formula is C33H45FN4O6. The van der Waals surface area contributed by atoms with Crippen LogP contribution in [-0.2, 0) is 32.5 Å². The zero-order valence-electron chi connectivity index (χ0n) is 26.9. The quantitative estimate of drug-likeness (QED) is 0.312. The lowest BCUT2D eigenvalue weighted by molar-refractivity contribution is -0.160. The lowest BCUT2D eigenvalue weighted by atomic mass is 9.86. The number of hydrogen-bond donors (Lipinski definition) is 2. The van der Waals surface area contributed by atoms with Crippen molar-refractivity contribution in [3.05, 3.63) is 46.0 Å². The summed E-state index contributed by atoms with van der Waals surface area (Å²) in [5, 5.41) is 14.7. The molecule has 5 rings (SSSR count). The highest BCUT2D eigenvalue weighted by Gasteiger charge is 2.35. The zero-order valence-corrected chi connectivity index (χ0v) is 26.9. The third kappa shape index (κ3) is 6.48. The number of hydrogen-bond acceptors (Lipinski definition) is 8. The largest absolute Gasteiger partial charge is 0.490 e. The molecular weight excluding hydrogens is 567 g/mol. The number of aryl methyl sites for hydroxylation is 2. The highest BCUT2D eigenvalue weighted by atomic mass is 19.1. The van der Waals surface area contributed by atoms with Crippen molar-refractivity contribution in [2.75, 3.05) is 53.1 Å². The predicted molar refractivity (Wildman–Crippen MR) is 166 cm³/mol. The average molecular weight is 613 g/mol. The van der Waals surface area contributed by atoms with Crippen LogP contribution >= 0.6 is 0 Å². The molecule has 2 atom stereocenters. The van der Waals surface area contributed by atoms with E-state index in [9.17, 15) is 9.90 Å². The maximum Gasteiger partial charge on any atom is 0.337 e. The molecule has 1 fully saturated rings. The fraction of sp³-hybridized carbons (Fsp3) is 0.576. The molecule has 0 aliphatic carbocycles. The van der Waals surface area contributed by atoms with Gasteiger partial charge < -0.3 is 28.6 Å². The van der Waals surface area contributed by atoms with Gasteiger partial charge in [0.2, 0.25) is 0 Å². The van der Waals surface area contributed by atoms with Gasteiger partial charge in [-0.3, -0.25) is 10.2 Å². The number of rotatable bonds is 10. The number of halogens is 1. The van der Waals surface area contributed by atoms with Crippen LogP contribution < -0.4 is 10.1 Å². The minimum atomic E-state index is -1.33. The first-order valence-corrected chi connectivity index (χ1v) is 15.3. The van der Waals surface area contributed by atoms with E-state index in [-0.39, 0.29) is 5.75 Å². The van der Waals surface area contributed by atoms with Gasteiger partial charge in [0, 0.05) is 68.1 Å². The van der Waals surface area contributed by atoms with Gasteiger partial charge in [0.05, 0.1) is 31.1 Å². The van der Waals surface area contributed by atoms with Crippen molar-refractivity contribution < 1.29 is 33.2 Å². The van der Waals surface area contributed by atoms with Crippen molar-refractivity contribution in [3.8, 4) is 16.9 Å². The van der Waals surface area contributed by atoms with E-state index in [1.165, 1.54) is 6.07 Å². The molecule has 11 heteroatoms. The van der Waals surface area contributed by atoms with Crippen LogP contribution in [0.15, 0.2) is 12.1 Å². The van der Waals surface area contributed by atoms with Gasteiger partial charge in [0.1, 0.15) is 11.9 Å². The minimum absolute atomic E-state index is 0.277. The lowest BCUT2D eigenvalue weighted by Gasteiger charge is -2.29. The van der Waals surface area contributed by atoms with E-state index in [1.807, 2.05) is 45.4 Å². The number of carboxylic acid groups (broad SMARTS) is 1. The maximum atomic E-state index is 15.7. The zero-order chi connectivity index (χ0) is 31.8. The summed E-state index contributed by atoms with van der Waals surface area (Å²) in [6.07, 6.45) is -0.331. The Kier molecular flexibility index (Phi) is 9.62. The molecule has 0 spiro atoms. The van der Waals surface area contributed by atoms with Crippen molar-refractivity contribution in [1.82, 2.24) is 19.8 Å². The Balaban J connectivity index is 1.69. The van der Waals surface area contributed by atoms with Crippen molar-refractivity contribution in [2.45, 2.75) is 65.4 Å². The van der Waals surface area contributed by atoms with E-state index in [4.69, 9.17) is 23.9 Å². The molecule has 2 aliphatic rings. The first-order chi connectivity index (χ1) is 20.9. The summed E-state index contributed by atoms with van der Waals surface area (Å²) in [7, 11) is 3.56. The number of nitrogens with one attached hydrogen (secondary N) is 1. The van der Waals surface area contributed by atoms with E-state index in [1.54, 1.807) is 14.0 Å². The standard InChI is InChI=1S/C33H45FN4O6/c1-19-21-9-8-14-43-28(21)24(34)17-22(19)27-23-18-25(31(41-7)35-10-11-38-12-15-42-16-13-38)37(6)30(23)36-20(2)26(27)29(32(39)40)44-33(3,4)5/h17-18,29,31,35H,8-16H2,1-7H3,(H,39,40)/t29-,31?/m0/s1. The molecule has 1 saturated heterocycles. The molecule has 1 aromatic carbocycles. The van der Waals surface area contributed by atoms with Crippen LogP contribution in [0.2, 0.25) is 0 Å². The summed E-state index contributed by atoms with van der Waals surface area (Å²) in [5.74, 6) is -1.33. The van der Waals surface area contributed by atoms with Crippen molar-refractivity contribution in [3.63, 3.8) is 0 Å². The first-order valence-electron chi connectivity index (χ1n) is 15.3. The molecule has 2 aliphatic heterocycles. The van der Waals surface area contributed by atoms with Crippen LogP contribution in [0.3, 0.4) is 0 Å². The second-order valence-electron chi connectivity index (χ2n) is 12.6. The fourth-order valence-electron chi connectivity index (χ4n) is 6.33. The highest BCUT2D eigenvalue weighted by Crippen LogP contribution is 2.45. The second-order valence-corrected chi connectivity index (χ2v) is 12.6. The Labute approximate surface area is 258 Å². The lowest BCUT2D eigenvalue weighted by Crippen LogP contribution is -2.41. The Bertz CT molecular complexity index is 1530. The van der Waals surface area contributed by atoms with Gasteiger partial charge in [-0.05, 0) is 70.7 Å². The van der Waals surface area contributed by atoms with Gasteiger partial charge in [-0.25, -0.2) is 14.2 Å². The molecule has 2 aromatic heterocycles. The summed E-state index contributed by atoms with van der Waals surface area (Å²) >= 11 is 0. The summed E-state index contributed by atoms with van der Waals surface area (Å²) in [6, 6.07) is 3.44. The number of morpholine rings is 1. The third-order valence-corrected chi connectivity index (χ3v) is 8.47. The van der Waals surface area contributed by atoms with Crippen LogP contribution in [0.25, 0.3) is 22.2 Å². The molecule has 4 heterocycles. The number of ether oxygens (including phenoxy) is 4. The van der Waals surface area contributed by atoms with Gasteiger partial charge in [-0.15, -0.1) is 0 Å². The van der Waals surface area contributed by atoms with Crippen LogP contribution in [0.1, 0.15) is 67.6 Å². The van der Waals surface area contributed by atoms with Crippen molar-refractivity contribution >= 4 is 17.0 Å². The molecule has 0 amide bonds. The number of aromatic nitrogens is 2. The Hall–Kier alpha value is -3.09. The van der Waals surface area contributed by atoms with Crippen LogP contribution in [0.4, 0.5) is 4.39 Å². The highest BCUT2D eigenvalue weighted by molar-refractivity contribution is 5.99. The van der Waals surface area contributed by atoms with Crippen LogP contribution in [-0.4, -0.2) is 84.2 Å². The number of carbonyl (C=O) groups is 1. The van der Waals surface area contributed by atoms with Gasteiger partial charge in [0.15, 0.2) is 17.7 Å². The molecule has 240 valence electrons. The Morgan fingerprint density at radius 1 is 1.20 bits per heavy atom. The van der Waals surface area contributed by atoms with Gasteiger partial charge in [-0.1, -0.05) is 0 Å². The van der Waals surface area contributed by atoms with E-state index in [0.717, 1.165) is 56.1 Å². The van der Waals surface area contributed by atoms with Gasteiger partial charge in [0.25, 0.3) is 0 Å². The number of fused-ring (bicyclic) bond motifs is 2. The second kappa shape index (κ2) is 13.1. The number of pyridine rings is 1. The maximum absolute atomic E-state index is 15.7. The molecule has 44 heavy (non-hydrogen) atoms. The summed E-state index contributed by atoms with van der Waals surface area (Å²) in [6.45, 7) is 14.4. The van der Waals surface area contributed by atoms with E-state index < -0.39 is 29.7 Å². The number of methoxy groups -OCH3 is 1. The normalized spacial score (nSPS) is 17.4. The molecule has 0 radical (unpaired) electrons. The van der Waals surface area contributed by atoms with Crippen LogP contribution in [0.5, 0.6) is 5.75 Å². The first kappa shape index (κ1) is 32.3. The summed E-state index contributed by atoms with van der Waals surface area (Å²) in [5.41, 5.74) is 4.46. The third-order valence-electron chi connectivity index (χ3n) is 8.47. The molecule has 0 bridgehead atoms. The van der Waals surface area contributed by atoms with Crippen molar-refractivity contribution in [2.24, 2.45) is 7.05 Å². The van der Waals surface area contributed by atoms with E-state index in [2.05, 4.69) is 10.2 Å². The fourth-order valence-corrected chi connectivity index (χ4v) is 6.33. The van der Waals surface area contributed by atoms with Crippen LogP contribution in [0, 0.1) is 19.7 Å². The number of benzene rings is 1. The average Bonchev–Trinajstić information content (AvgIpc) is 3.31. The molecule has 1 unspecified atom stereocenters. The van der Waals surface area contributed by atoms with Crippen molar-refractivity contribution in [1.29, 1.82) is 0 Å². The molecule has 0 saturated carbocycles. The summed E-state index contributed by atoms with van der Waals surface area (Å²) < 4.78 is 40.9. The SMILES string of the molecule is COC(NCCN1CCOCC1)c1cc2c(-c3cc(F)c4c(c3C)CCCO4)c([C@H](OC(C)(C)C)C(=O)O)c(C)nc2n1C. The Morgan fingerprint density at radius 3 is 2.59 bits per heavy atom. The number of nitrogens with zero attached hydrogens (tertiary/aromatic N) is 3. The van der Waals surface area contributed by atoms with Gasteiger partial charge >= 0.3 is 5.97 Å². The van der Waals surface area contributed by atoms with E-state index in [0.29, 0.717) is 53.0 Å². The number of carboxylic acids is 1. The minimum Gasteiger partial charge on any atom is -0.490 e. The molecule has 2 N–H and O–H groups in total. The number of aliphatic carboxylic acids is 1. The van der Waals surface area contributed by atoms with E-state index >= 15 is 4.39 Å². The monoisotopic (exact) mass is 612 g/mol. The molecule has 3 aromatic rings. The predicted octanol–water partition coefficient (Wildman–Crippen LogP) is 4.83. The topological polar surface area (TPSA) is 107 Å². The smallest absolute Gasteiger partial charge is 0.337 e. The Morgan fingerprint density at radius 2 is 1.93 bits per heavy atom. The van der Waals surface area contributed by atoms with Gasteiger partial charge in [-0.2, -0.15) is 0 Å². The molecule has 10 nitrogen and oxygen atoms in total. The summed E-state index contributed by atoms with van der Waals surface area (Å²) in [4.78, 5) is 20.1.